The molecule has 0 aliphatic rings. The number of imidazole rings is 1. The number of anilines is 1. The number of nitrogens with zero attached hydrogens (tertiary/aromatic N) is 1. The highest BCUT2D eigenvalue weighted by atomic mass is 16.2. The molecule has 1 atom stereocenters. The van der Waals surface area contributed by atoms with Crippen molar-refractivity contribution in [1.82, 2.24) is 15.3 Å². The molecule has 3 aromatic rings. The summed E-state index contributed by atoms with van der Waals surface area (Å²) in [5.74, 6) is -0.0974. The number of hydrogen-bond acceptors (Lipinski definition) is 3. The fraction of sp³-hybridized carbons (Fsp3) is 0.211. The van der Waals surface area contributed by atoms with Crippen LogP contribution in [0.25, 0.3) is 11.0 Å². The number of rotatable bonds is 6. The summed E-state index contributed by atoms with van der Waals surface area (Å²) in [5, 5.41) is 5.40. The summed E-state index contributed by atoms with van der Waals surface area (Å²) in [7, 11) is 0. The van der Waals surface area contributed by atoms with Gasteiger partial charge in [-0.3, -0.25) is 14.9 Å². The smallest absolute Gasteiger partial charge is 0.248 e. The Bertz CT molecular complexity index is 840. The molecular weight excluding hydrogens is 316 g/mol. The highest BCUT2D eigenvalue weighted by Gasteiger charge is 2.17. The number of hydrogen-bond donors (Lipinski definition) is 3. The molecule has 2 aromatic carbocycles. The minimum atomic E-state index is -0.642. The number of nitrogens with one attached hydrogen (secondary N) is 3. The first-order chi connectivity index (χ1) is 12.1. The maximum atomic E-state index is 12.2. The van der Waals surface area contributed by atoms with Crippen LogP contribution in [-0.2, 0) is 16.0 Å². The van der Waals surface area contributed by atoms with E-state index in [-0.39, 0.29) is 11.8 Å². The Kier molecular flexibility index (Phi) is 5.09. The van der Waals surface area contributed by atoms with Crippen LogP contribution in [-0.4, -0.2) is 27.8 Å². The molecule has 3 rings (SSSR count). The van der Waals surface area contributed by atoms with Gasteiger partial charge in [0.1, 0.15) is 6.04 Å². The largest absolute Gasteiger partial charge is 0.345 e. The Balaban J connectivity index is 1.50. The predicted octanol–water partition coefficient (Wildman–Crippen LogP) is 2.64. The molecule has 0 fully saturated rings. The average molecular weight is 336 g/mol. The normalized spacial score (nSPS) is 11.9. The van der Waals surface area contributed by atoms with Crippen molar-refractivity contribution in [2.75, 3.05) is 5.32 Å². The third-order valence-corrected chi connectivity index (χ3v) is 3.89. The Morgan fingerprint density at radius 3 is 2.56 bits per heavy atom. The van der Waals surface area contributed by atoms with Gasteiger partial charge in [0, 0.05) is 6.42 Å². The third kappa shape index (κ3) is 4.44. The Morgan fingerprint density at radius 1 is 1.08 bits per heavy atom. The molecule has 2 amide bonds. The van der Waals surface area contributed by atoms with Gasteiger partial charge >= 0.3 is 0 Å². The minimum absolute atomic E-state index is 0.156. The van der Waals surface area contributed by atoms with Crippen molar-refractivity contribution in [2.45, 2.75) is 25.8 Å². The molecule has 0 radical (unpaired) electrons. The maximum absolute atomic E-state index is 12.2. The van der Waals surface area contributed by atoms with Gasteiger partial charge in [-0.15, -0.1) is 0 Å². The van der Waals surface area contributed by atoms with Crippen molar-refractivity contribution in [3.63, 3.8) is 0 Å². The van der Waals surface area contributed by atoms with Crippen LogP contribution in [0.15, 0.2) is 54.6 Å². The Labute approximate surface area is 145 Å². The van der Waals surface area contributed by atoms with E-state index in [4.69, 9.17) is 0 Å². The number of aryl methyl sites for hydroxylation is 1. The molecule has 0 aliphatic heterocycles. The molecular formula is C19H20N4O2. The highest BCUT2D eigenvalue weighted by Crippen LogP contribution is 2.13. The summed E-state index contributed by atoms with van der Waals surface area (Å²) in [5.41, 5.74) is 2.71. The van der Waals surface area contributed by atoms with Crippen molar-refractivity contribution in [3.05, 3.63) is 60.2 Å². The molecule has 1 heterocycles. The summed E-state index contributed by atoms with van der Waals surface area (Å²) >= 11 is 0. The SMILES string of the molecule is C[C@H](NC(=O)CCc1ccccc1)C(=O)Nc1nc2ccccc2[nH]1. The number of fused-ring (bicyclic) bond motifs is 1. The van der Waals surface area contributed by atoms with E-state index in [9.17, 15) is 9.59 Å². The van der Waals surface area contributed by atoms with Crippen LogP contribution in [0.1, 0.15) is 18.9 Å². The number of aromatic amines is 1. The lowest BCUT2D eigenvalue weighted by atomic mass is 10.1. The van der Waals surface area contributed by atoms with Crippen LogP contribution in [0.3, 0.4) is 0 Å². The lowest BCUT2D eigenvalue weighted by Gasteiger charge is -2.13. The zero-order chi connectivity index (χ0) is 17.6. The standard InChI is InChI=1S/C19H20N4O2/c1-13(20-17(24)12-11-14-7-3-2-4-8-14)18(25)23-19-21-15-9-5-6-10-16(15)22-19/h2-10,13H,11-12H2,1H3,(H,20,24)(H2,21,22,23,25)/t13-/m0/s1. The summed E-state index contributed by atoms with van der Waals surface area (Å²) < 4.78 is 0. The summed E-state index contributed by atoms with van der Waals surface area (Å²) in [6, 6.07) is 16.6. The zero-order valence-electron chi connectivity index (χ0n) is 14.0. The van der Waals surface area contributed by atoms with Gasteiger partial charge in [-0.1, -0.05) is 42.5 Å². The Hall–Kier alpha value is -3.15. The number of aromatic nitrogens is 2. The second-order valence-electron chi connectivity index (χ2n) is 5.87. The minimum Gasteiger partial charge on any atom is -0.345 e. The molecule has 0 saturated carbocycles. The van der Waals surface area contributed by atoms with Gasteiger partial charge in [-0.05, 0) is 31.0 Å². The number of benzene rings is 2. The second kappa shape index (κ2) is 7.61. The first-order valence-corrected chi connectivity index (χ1v) is 8.21. The zero-order valence-corrected chi connectivity index (χ0v) is 14.0. The van der Waals surface area contributed by atoms with E-state index in [1.54, 1.807) is 6.92 Å². The molecule has 0 unspecified atom stereocenters. The van der Waals surface area contributed by atoms with Gasteiger partial charge in [0.05, 0.1) is 11.0 Å². The van der Waals surface area contributed by atoms with E-state index in [0.29, 0.717) is 18.8 Å². The van der Waals surface area contributed by atoms with E-state index in [0.717, 1.165) is 16.6 Å². The molecule has 0 bridgehead atoms. The first-order valence-electron chi connectivity index (χ1n) is 8.21. The Morgan fingerprint density at radius 2 is 1.80 bits per heavy atom. The van der Waals surface area contributed by atoms with Crippen molar-refractivity contribution >= 4 is 28.8 Å². The third-order valence-electron chi connectivity index (χ3n) is 3.89. The average Bonchev–Trinajstić information content (AvgIpc) is 3.03. The van der Waals surface area contributed by atoms with Crippen molar-refractivity contribution < 1.29 is 9.59 Å². The fourth-order valence-electron chi connectivity index (χ4n) is 2.52. The number of amides is 2. The number of para-hydroxylation sites is 2. The first kappa shape index (κ1) is 16.7. The molecule has 3 N–H and O–H groups in total. The van der Waals surface area contributed by atoms with E-state index in [2.05, 4.69) is 20.6 Å². The molecule has 128 valence electrons. The van der Waals surface area contributed by atoms with Gasteiger partial charge in [0.2, 0.25) is 17.8 Å². The monoisotopic (exact) mass is 336 g/mol. The molecule has 0 aliphatic carbocycles. The topological polar surface area (TPSA) is 86.9 Å². The molecule has 0 saturated heterocycles. The van der Waals surface area contributed by atoms with Crippen molar-refractivity contribution in [3.8, 4) is 0 Å². The van der Waals surface area contributed by atoms with Crippen LogP contribution in [0.5, 0.6) is 0 Å². The summed E-state index contributed by atoms with van der Waals surface area (Å²) in [6.45, 7) is 1.65. The van der Waals surface area contributed by atoms with E-state index >= 15 is 0 Å². The van der Waals surface area contributed by atoms with Gasteiger partial charge in [0.25, 0.3) is 0 Å². The van der Waals surface area contributed by atoms with Crippen LogP contribution >= 0.6 is 0 Å². The van der Waals surface area contributed by atoms with Crippen LogP contribution in [0.4, 0.5) is 5.95 Å². The molecule has 0 spiro atoms. The number of H-pyrrole nitrogens is 1. The summed E-state index contributed by atoms with van der Waals surface area (Å²) in [4.78, 5) is 31.5. The predicted molar refractivity (Wildman–Crippen MR) is 97.1 cm³/mol. The number of carbonyl (C=O) groups is 2. The van der Waals surface area contributed by atoms with Gasteiger partial charge in [0.15, 0.2) is 0 Å². The van der Waals surface area contributed by atoms with Crippen LogP contribution in [0, 0.1) is 0 Å². The van der Waals surface area contributed by atoms with Crippen molar-refractivity contribution in [1.29, 1.82) is 0 Å². The van der Waals surface area contributed by atoms with E-state index in [1.165, 1.54) is 0 Å². The second-order valence-corrected chi connectivity index (χ2v) is 5.87. The van der Waals surface area contributed by atoms with Crippen LogP contribution in [0.2, 0.25) is 0 Å². The van der Waals surface area contributed by atoms with Gasteiger partial charge in [-0.25, -0.2) is 4.98 Å². The lowest BCUT2D eigenvalue weighted by Crippen LogP contribution is -2.41. The van der Waals surface area contributed by atoms with Gasteiger partial charge in [-0.2, -0.15) is 0 Å². The molecule has 1 aromatic heterocycles. The van der Waals surface area contributed by atoms with Crippen molar-refractivity contribution in [2.24, 2.45) is 0 Å². The maximum Gasteiger partial charge on any atom is 0.248 e. The fourth-order valence-corrected chi connectivity index (χ4v) is 2.52. The molecule has 6 heteroatoms. The quantitative estimate of drug-likeness (QED) is 0.647. The number of carbonyl (C=O) groups excluding carboxylic acids is 2. The summed E-state index contributed by atoms with van der Waals surface area (Å²) in [6.07, 6.45) is 0.983. The highest BCUT2D eigenvalue weighted by molar-refractivity contribution is 5.96. The van der Waals surface area contributed by atoms with Gasteiger partial charge < -0.3 is 10.3 Å². The molecule has 6 nitrogen and oxygen atoms in total. The molecule has 25 heavy (non-hydrogen) atoms. The lowest BCUT2D eigenvalue weighted by molar-refractivity contribution is -0.126. The van der Waals surface area contributed by atoms with E-state index in [1.807, 2.05) is 54.6 Å². The van der Waals surface area contributed by atoms with Crippen LogP contribution < -0.4 is 10.6 Å². The van der Waals surface area contributed by atoms with E-state index < -0.39 is 6.04 Å².